The lowest BCUT2D eigenvalue weighted by molar-refractivity contribution is -0.0860. The van der Waals surface area contributed by atoms with Gasteiger partial charge in [0.05, 0.1) is 29.3 Å². The number of halogens is 1. The summed E-state index contributed by atoms with van der Waals surface area (Å²) in [5.41, 5.74) is 0.725. The highest BCUT2D eigenvalue weighted by atomic mass is 35.5. The Kier molecular flexibility index (Phi) is 3.64. The predicted octanol–water partition coefficient (Wildman–Crippen LogP) is 2.64. The molecule has 1 amide bonds. The largest absolute Gasteiger partial charge is 0.386 e. The summed E-state index contributed by atoms with van der Waals surface area (Å²) in [4.78, 5) is 13.9. The Bertz CT molecular complexity index is 467. The lowest BCUT2D eigenvalue weighted by Gasteiger charge is -2.46. The van der Waals surface area contributed by atoms with Gasteiger partial charge in [-0.05, 0) is 25.0 Å². The Morgan fingerprint density at radius 2 is 2.17 bits per heavy atom. The van der Waals surface area contributed by atoms with Crippen LogP contribution in [0.25, 0.3) is 0 Å². The van der Waals surface area contributed by atoms with Gasteiger partial charge >= 0.3 is 0 Å². The van der Waals surface area contributed by atoms with Crippen molar-refractivity contribution in [2.45, 2.75) is 32.3 Å². The molecule has 1 saturated heterocycles. The maximum Gasteiger partial charge on any atom is 0.255 e. The van der Waals surface area contributed by atoms with Gasteiger partial charge in [0.25, 0.3) is 5.91 Å². The Morgan fingerprint density at radius 1 is 1.50 bits per heavy atom. The maximum atomic E-state index is 12.2. The minimum Gasteiger partial charge on any atom is -0.386 e. The standard InChI is InChI=1S/C14H18ClNO2/c1-3-7-14(18)8-16(9-14)13(17)11-6-4-5-10(2)12(11)15/h4-6,18H,3,7-9H2,1-2H3. The number of carbonyl (C=O) groups excluding carboxylic acids is 1. The van der Waals surface area contributed by atoms with E-state index in [2.05, 4.69) is 0 Å². The number of amides is 1. The molecule has 1 aromatic carbocycles. The summed E-state index contributed by atoms with van der Waals surface area (Å²) in [6.45, 7) is 4.72. The first-order valence-corrected chi connectivity index (χ1v) is 6.61. The van der Waals surface area contributed by atoms with Crippen LogP contribution in [0.5, 0.6) is 0 Å². The molecule has 3 nitrogen and oxygen atoms in total. The smallest absolute Gasteiger partial charge is 0.255 e. The number of benzene rings is 1. The SMILES string of the molecule is CCCC1(O)CN(C(=O)c2cccc(C)c2Cl)C1. The molecule has 4 heteroatoms. The predicted molar refractivity (Wildman–Crippen MR) is 72.0 cm³/mol. The van der Waals surface area contributed by atoms with Crippen molar-refractivity contribution in [3.05, 3.63) is 34.3 Å². The van der Waals surface area contributed by atoms with Gasteiger partial charge in [-0.15, -0.1) is 0 Å². The lowest BCUT2D eigenvalue weighted by atomic mass is 9.88. The first kappa shape index (κ1) is 13.4. The Hall–Kier alpha value is -1.06. The Labute approximate surface area is 112 Å². The number of likely N-dealkylation sites (tertiary alicyclic amines) is 1. The molecule has 1 fully saturated rings. The van der Waals surface area contributed by atoms with Gasteiger partial charge in [-0.2, -0.15) is 0 Å². The van der Waals surface area contributed by atoms with Crippen LogP contribution in [0.4, 0.5) is 0 Å². The van der Waals surface area contributed by atoms with Crippen molar-refractivity contribution < 1.29 is 9.90 Å². The third-order valence-corrected chi connectivity index (χ3v) is 3.90. The first-order valence-electron chi connectivity index (χ1n) is 6.23. The van der Waals surface area contributed by atoms with Crippen molar-refractivity contribution in [1.82, 2.24) is 4.90 Å². The second kappa shape index (κ2) is 4.90. The fourth-order valence-corrected chi connectivity index (χ4v) is 2.62. The molecule has 1 heterocycles. The summed E-state index contributed by atoms with van der Waals surface area (Å²) in [7, 11) is 0. The zero-order chi connectivity index (χ0) is 13.3. The van der Waals surface area contributed by atoms with Gasteiger partial charge in [0.15, 0.2) is 0 Å². The molecule has 1 aromatic rings. The van der Waals surface area contributed by atoms with Gasteiger partial charge in [0.2, 0.25) is 0 Å². The zero-order valence-corrected chi connectivity index (χ0v) is 11.5. The average Bonchev–Trinajstić information content (AvgIpc) is 2.29. The van der Waals surface area contributed by atoms with Crippen LogP contribution in [0, 0.1) is 6.92 Å². The van der Waals surface area contributed by atoms with Crippen molar-refractivity contribution in [3.63, 3.8) is 0 Å². The minimum atomic E-state index is -0.694. The molecule has 0 atom stereocenters. The highest BCUT2D eigenvalue weighted by molar-refractivity contribution is 6.34. The molecular weight excluding hydrogens is 250 g/mol. The van der Waals surface area contributed by atoms with E-state index in [9.17, 15) is 9.90 Å². The van der Waals surface area contributed by atoms with E-state index in [4.69, 9.17) is 11.6 Å². The Morgan fingerprint density at radius 3 is 2.78 bits per heavy atom. The maximum absolute atomic E-state index is 12.2. The Balaban J connectivity index is 2.08. The van der Waals surface area contributed by atoms with Crippen molar-refractivity contribution in [2.24, 2.45) is 0 Å². The van der Waals surface area contributed by atoms with Gasteiger partial charge in [-0.3, -0.25) is 4.79 Å². The lowest BCUT2D eigenvalue weighted by Crippen LogP contribution is -2.63. The van der Waals surface area contributed by atoms with Gasteiger partial charge in [-0.1, -0.05) is 37.1 Å². The van der Waals surface area contributed by atoms with Crippen LogP contribution in [-0.4, -0.2) is 34.6 Å². The molecule has 0 radical (unpaired) electrons. The van der Waals surface area contributed by atoms with E-state index in [-0.39, 0.29) is 5.91 Å². The molecule has 0 aromatic heterocycles. The van der Waals surface area contributed by atoms with Crippen LogP contribution < -0.4 is 0 Å². The molecule has 2 rings (SSSR count). The van der Waals surface area contributed by atoms with Crippen molar-refractivity contribution in [3.8, 4) is 0 Å². The molecule has 18 heavy (non-hydrogen) atoms. The summed E-state index contributed by atoms with van der Waals surface area (Å²) < 4.78 is 0. The highest BCUT2D eigenvalue weighted by Crippen LogP contribution is 2.29. The van der Waals surface area contributed by atoms with Crippen molar-refractivity contribution >= 4 is 17.5 Å². The van der Waals surface area contributed by atoms with Crippen molar-refractivity contribution in [2.75, 3.05) is 13.1 Å². The fraction of sp³-hybridized carbons (Fsp3) is 0.500. The van der Waals surface area contributed by atoms with Crippen LogP contribution in [0.15, 0.2) is 18.2 Å². The van der Waals surface area contributed by atoms with Gasteiger partial charge in [0, 0.05) is 0 Å². The summed E-state index contributed by atoms with van der Waals surface area (Å²) in [5.74, 6) is -0.0931. The monoisotopic (exact) mass is 267 g/mol. The molecule has 98 valence electrons. The molecule has 0 unspecified atom stereocenters. The third-order valence-electron chi connectivity index (χ3n) is 3.40. The van der Waals surface area contributed by atoms with E-state index in [1.807, 2.05) is 26.0 Å². The van der Waals surface area contributed by atoms with Gasteiger partial charge in [-0.25, -0.2) is 0 Å². The van der Waals surface area contributed by atoms with Crippen LogP contribution in [0.2, 0.25) is 5.02 Å². The molecular formula is C14H18ClNO2. The van der Waals surface area contributed by atoms with Gasteiger partial charge < -0.3 is 10.0 Å². The number of aryl methyl sites for hydroxylation is 1. The molecule has 1 aliphatic heterocycles. The quantitative estimate of drug-likeness (QED) is 0.915. The van der Waals surface area contributed by atoms with Crippen LogP contribution in [0.3, 0.4) is 0 Å². The molecule has 1 aliphatic rings. The topological polar surface area (TPSA) is 40.5 Å². The minimum absolute atomic E-state index is 0.0931. The number of aliphatic hydroxyl groups is 1. The summed E-state index contributed by atoms with van der Waals surface area (Å²) in [5, 5.41) is 10.6. The van der Waals surface area contributed by atoms with E-state index in [1.54, 1.807) is 11.0 Å². The second-order valence-electron chi connectivity index (χ2n) is 5.07. The fourth-order valence-electron chi connectivity index (χ4n) is 2.41. The van der Waals surface area contributed by atoms with Gasteiger partial charge in [0.1, 0.15) is 0 Å². The normalized spacial score (nSPS) is 17.4. The van der Waals surface area contributed by atoms with Crippen LogP contribution >= 0.6 is 11.6 Å². The number of carbonyl (C=O) groups is 1. The van der Waals surface area contributed by atoms with Crippen LogP contribution in [-0.2, 0) is 0 Å². The van der Waals surface area contributed by atoms with Crippen LogP contribution in [0.1, 0.15) is 35.7 Å². The summed E-state index contributed by atoms with van der Waals surface area (Å²) in [6, 6.07) is 5.43. The summed E-state index contributed by atoms with van der Waals surface area (Å²) >= 11 is 6.14. The third kappa shape index (κ3) is 2.38. The number of β-amino-alcohol motifs (C(OH)–C–C–N with tert-alkyl or cyclic N) is 1. The molecule has 0 bridgehead atoms. The van der Waals surface area contributed by atoms with E-state index < -0.39 is 5.60 Å². The first-order chi connectivity index (χ1) is 8.47. The second-order valence-corrected chi connectivity index (χ2v) is 5.45. The highest BCUT2D eigenvalue weighted by Gasteiger charge is 2.43. The van der Waals surface area contributed by atoms with Crippen molar-refractivity contribution in [1.29, 1.82) is 0 Å². The zero-order valence-electron chi connectivity index (χ0n) is 10.7. The number of hydrogen-bond acceptors (Lipinski definition) is 2. The molecule has 1 N–H and O–H groups in total. The average molecular weight is 268 g/mol. The van der Waals surface area contributed by atoms with E-state index in [0.717, 1.165) is 18.4 Å². The van der Waals surface area contributed by atoms with E-state index in [0.29, 0.717) is 23.7 Å². The molecule has 0 spiro atoms. The molecule has 0 aliphatic carbocycles. The number of hydrogen-bond donors (Lipinski definition) is 1. The number of nitrogens with zero attached hydrogens (tertiary/aromatic N) is 1. The molecule has 0 saturated carbocycles. The number of rotatable bonds is 3. The van der Waals surface area contributed by atoms with E-state index >= 15 is 0 Å². The van der Waals surface area contributed by atoms with E-state index in [1.165, 1.54) is 0 Å². The summed E-state index contributed by atoms with van der Waals surface area (Å²) in [6.07, 6.45) is 1.65.